The molecule has 1 saturated carbocycles. The molecule has 0 spiro atoms. The molecule has 0 radical (unpaired) electrons. The van der Waals surface area contributed by atoms with Gasteiger partial charge in [0.1, 0.15) is 0 Å². The summed E-state index contributed by atoms with van der Waals surface area (Å²) < 4.78 is 28.2. The zero-order chi connectivity index (χ0) is 19.0. The van der Waals surface area contributed by atoms with Gasteiger partial charge < -0.3 is 0 Å². The van der Waals surface area contributed by atoms with E-state index in [0.29, 0.717) is 25.7 Å². The number of para-hydroxylation sites is 1. The van der Waals surface area contributed by atoms with Crippen LogP contribution in [0.2, 0.25) is 0 Å². The van der Waals surface area contributed by atoms with Crippen molar-refractivity contribution in [1.82, 2.24) is 9.21 Å². The topological polar surface area (TPSA) is 83.8 Å². The van der Waals surface area contributed by atoms with Crippen LogP contribution in [-0.2, 0) is 10.0 Å². The second-order valence-electron chi connectivity index (χ2n) is 6.99. The quantitative estimate of drug-likeness (QED) is 0.582. The van der Waals surface area contributed by atoms with E-state index in [9.17, 15) is 18.5 Å². The summed E-state index contributed by atoms with van der Waals surface area (Å²) in [5.41, 5.74) is 0.527. The lowest BCUT2D eigenvalue weighted by Crippen LogP contribution is -2.51. The van der Waals surface area contributed by atoms with E-state index in [1.165, 1.54) is 28.6 Å². The average molecular weight is 387 g/mol. The maximum absolute atomic E-state index is 13.4. The van der Waals surface area contributed by atoms with Crippen molar-refractivity contribution in [3.05, 3.63) is 70.3 Å². The van der Waals surface area contributed by atoms with E-state index in [0.717, 1.165) is 18.4 Å². The predicted molar refractivity (Wildman–Crippen MR) is 101 cm³/mol. The van der Waals surface area contributed by atoms with Crippen molar-refractivity contribution in [2.75, 3.05) is 19.6 Å². The van der Waals surface area contributed by atoms with E-state index in [1.54, 1.807) is 0 Å². The minimum Gasteiger partial charge on any atom is -0.297 e. The molecule has 1 saturated heterocycles. The molecule has 1 aliphatic heterocycles. The molecule has 1 heterocycles. The highest BCUT2D eigenvalue weighted by molar-refractivity contribution is 7.89. The first kappa shape index (κ1) is 18.1. The molecule has 7 nitrogen and oxygen atoms in total. The van der Waals surface area contributed by atoms with Crippen LogP contribution in [0.15, 0.2) is 59.5 Å². The summed E-state index contributed by atoms with van der Waals surface area (Å²) in [5.74, 6) is 0. The normalized spacial score (nSPS) is 21.9. The lowest BCUT2D eigenvalue weighted by molar-refractivity contribution is -0.387. The van der Waals surface area contributed by atoms with Crippen molar-refractivity contribution < 1.29 is 13.3 Å². The Labute approximate surface area is 158 Å². The highest BCUT2D eigenvalue weighted by Gasteiger charge is 2.42. The second-order valence-corrected chi connectivity index (χ2v) is 8.85. The minimum absolute atomic E-state index is 0.240. The van der Waals surface area contributed by atoms with Crippen LogP contribution in [0.25, 0.3) is 0 Å². The van der Waals surface area contributed by atoms with Crippen molar-refractivity contribution in [1.29, 1.82) is 0 Å². The number of hydrogen-bond acceptors (Lipinski definition) is 5. The predicted octanol–water partition coefficient (Wildman–Crippen LogP) is 2.80. The Balaban J connectivity index is 1.75. The molecule has 0 bridgehead atoms. The fourth-order valence-electron chi connectivity index (χ4n) is 3.75. The number of sulfonamides is 1. The van der Waals surface area contributed by atoms with Crippen LogP contribution < -0.4 is 0 Å². The number of hydrogen-bond donors (Lipinski definition) is 0. The Morgan fingerprint density at radius 3 is 2.30 bits per heavy atom. The van der Waals surface area contributed by atoms with Gasteiger partial charge in [0.15, 0.2) is 4.90 Å². The standard InChI is InChI=1S/C19H21N3O4S/c23-22(24)17-8-4-5-9-19(17)27(25,26)21-13-12-20(16-10-11-16)14-18(21)15-6-2-1-3-7-15/h1-9,16,18H,10-14H2. The summed E-state index contributed by atoms with van der Waals surface area (Å²) in [6.07, 6.45) is 2.30. The van der Waals surface area contributed by atoms with Gasteiger partial charge in [0.05, 0.1) is 11.0 Å². The minimum atomic E-state index is -4.00. The van der Waals surface area contributed by atoms with Gasteiger partial charge in [-0.15, -0.1) is 0 Å². The molecule has 142 valence electrons. The molecular weight excluding hydrogens is 366 g/mol. The molecule has 8 heteroatoms. The van der Waals surface area contributed by atoms with E-state index in [2.05, 4.69) is 4.90 Å². The average Bonchev–Trinajstić information content (AvgIpc) is 3.53. The van der Waals surface area contributed by atoms with E-state index in [1.807, 2.05) is 30.3 Å². The summed E-state index contributed by atoms with van der Waals surface area (Å²) in [6.45, 7) is 1.58. The van der Waals surface area contributed by atoms with Crippen LogP contribution >= 0.6 is 0 Å². The molecular formula is C19H21N3O4S. The third kappa shape index (κ3) is 3.47. The summed E-state index contributed by atoms with van der Waals surface area (Å²) in [4.78, 5) is 12.8. The van der Waals surface area contributed by atoms with Gasteiger partial charge in [-0.1, -0.05) is 42.5 Å². The number of piperazine rings is 1. The molecule has 2 fully saturated rings. The number of nitro benzene ring substituents is 1. The molecule has 1 atom stereocenters. The van der Waals surface area contributed by atoms with Gasteiger partial charge in [0.25, 0.3) is 15.7 Å². The Bertz CT molecular complexity index is 944. The number of rotatable bonds is 5. The van der Waals surface area contributed by atoms with E-state index in [-0.39, 0.29) is 16.6 Å². The van der Waals surface area contributed by atoms with Crippen LogP contribution in [0.1, 0.15) is 24.4 Å². The van der Waals surface area contributed by atoms with Crippen LogP contribution in [0, 0.1) is 10.1 Å². The van der Waals surface area contributed by atoms with Gasteiger partial charge >= 0.3 is 0 Å². The molecule has 2 aromatic rings. The zero-order valence-electron chi connectivity index (χ0n) is 14.8. The smallest absolute Gasteiger partial charge is 0.289 e. The first-order valence-electron chi connectivity index (χ1n) is 9.03. The summed E-state index contributed by atoms with van der Waals surface area (Å²) in [7, 11) is -4.00. The lowest BCUT2D eigenvalue weighted by atomic mass is 10.0. The van der Waals surface area contributed by atoms with Crippen LogP contribution in [0.4, 0.5) is 5.69 Å². The summed E-state index contributed by atoms with van der Waals surface area (Å²) >= 11 is 0. The largest absolute Gasteiger partial charge is 0.297 e. The second kappa shape index (κ2) is 7.03. The summed E-state index contributed by atoms with van der Waals surface area (Å²) in [6, 6.07) is 15.3. The SMILES string of the molecule is O=[N+]([O-])c1ccccc1S(=O)(=O)N1CCN(C2CC2)CC1c1ccccc1. The van der Waals surface area contributed by atoms with Gasteiger partial charge in [-0.3, -0.25) is 15.0 Å². The maximum Gasteiger partial charge on any atom is 0.289 e. The molecule has 1 unspecified atom stereocenters. The van der Waals surface area contributed by atoms with Crippen LogP contribution in [-0.4, -0.2) is 48.2 Å². The fourth-order valence-corrected chi connectivity index (χ4v) is 5.50. The maximum atomic E-state index is 13.4. The number of nitrogens with zero attached hydrogens (tertiary/aromatic N) is 3. The third-order valence-electron chi connectivity index (χ3n) is 5.26. The first-order valence-corrected chi connectivity index (χ1v) is 10.5. The molecule has 2 aromatic carbocycles. The fraction of sp³-hybridized carbons (Fsp3) is 0.368. The monoisotopic (exact) mass is 387 g/mol. The Kier molecular flexibility index (Phi) is 4.71. The van der Waals surface area contributed by atoms with Gasteiger partial charge in [-0.25, -0.2) is 8.42 Å². The van der Waals surface area contributed by atoms with E-state index in [4.69, 9.17) is 0 Å². The van der Waals surface area contributed by atoms with Crippen LogP contribution in [0.3, 0.4) is 0 Å². The van der Waals surface area contributed by atoms with Crippen LogP contribution in [0.5, 0.6) is 0 Å². The summed E-state index contributed by atoms with van der Waals surface area (Å²) in [5, 5.41) is 11.4. The highest BCUT2D eigenvalue weighted by Crippen LogP contribution is 2.37. The van der Waals surface area contributed by atoms with Crippen molar-refractivity contribution >= 4 is 15.7 Å². The molecule has 0 amide bonds. The molecule has 0 aromatic heterocycles. The molecule has 4 rings (SSSR count). The molecule has 0 N–H and O–H groups in total. The third-order valence-corrected chi connectivity index (χ3v) is 7.21. The van der Waals surface area contributed by atoms with E-state index >= 15 is 0 Å². The Morgan fingerprint density at radius 1 is 0.963 bits per heavy atom. The first-order chi connectivity index (χ1) is 13.0. The number of nitro groups is 1. The van der Waals surface area contributed by atoms with Gasteiger partial charge in [-0.05, 0) is 24.5 Å². The Morgan fingerprint density at radius 2 is 1.63 bits per heavy atom. The van der Waals surface area contributed by atoms with Gasteiger partial charge in [0.2, 0.25) is 0 Å². The van der Waals surface area contributed by atoms with E-state index < -0.39 is 14.9 Å². The number of benzene rings is 2. The van der Waals surface area contributed by atoms with Crippen molar-refractivity contribution in [2.45, 2.75) is 29.8 Å². The Hall–Kier alpha value is -2.29. The molecule has 1 aliphatic carbocycles. The lowest BCUT2D eigenvalue weighted by Gasteiger charge is -2.40. The van der Waals surface area contributed by atoms with Crippen molar-refractivity contribution in [3.63, 3.8) is 0 Å². The zero-order valence-corrected chi connectivity index (χ0v) is 15.6. The van der Waals surface area contributed by atoms with Crippen molar-refractivity contribution in [3.8, 4) is 0 Å². The molecule has 2 aliphatic rings. The van der Waals surface area contributed by atoms with Gasteiger partial charge in [0, 0.05) is 31.7 Å². The molecule has 27 heavy (non-hydrogen) atoms. The van der Waals surface area contributed by atoms with Crippen molar-refractivity contribution in [2.24, 2.45) is 0 Å². The highest BCUT2D eigenvalue weighted by atomic mass is 32.2. The van der Waals surface area contributed by atoms with Gasteiger partial charge in [-0.2, -0.15) is 4.31 Å².